The first-order valence-corrected chi connectivity index (χ1v) is 8.23. The molecule has 0 amide bonds. The van der Waals surface area contributed by atoms with E-state index in [2.05, 4.69) is 0 Å². The van der Waals surface area contributed by atoms with E-state index in [0.29, 0.717) is 13.1 Å². The van der Waals surface area contributed by atoms with Gasteiger partial charge in [-0.1, -0.05) is 48.0 Å². The van der Waals surface area contributed by atoms with Crippen LogP contribution in [0.5, 0.6) is 0 Å². The Balaban J connectivity index is 1.62. The average Bonchev–Trinajstić information content (AvgIpc) is 3.17. The molecule has 0 aliphatic carbocycles. The Morgan fingerprint density at radius 3 is 2.43 bits per heavy atom. The van der Waals surface area contributed by atoms with E-state index in [1.165, 1.54) is 0 Å². The van der Waals surface area contributed by atoms with Gasteiger partial charge in [0.25, 0.3) is 10.1 Å². The molecule has 0 N–H and O–H groups in total. The van der Waals surface area contributed by atoms with Gasteiger partial charge in [0.1, 0.15) is 6.23 Å². The monoisotopic (exact) mass is 303 g/mol. The molecule has 0 radical (unpaired) electrons. The van der Waals surface area contributed by atoms with Crippen molar-refractivity contribution in [3.8, 4) is 0 Å². The second-order valence-electron chi connectivity index (χ2n) is 5.23. The first-order valence-electron chi connectivity index (χ1n) is 6.82. The Kier molecular flexibility index (Phi) is 3.80. The summed E-state index contributed by atoms with van der Waals surface area (Å²) in [5, 5.41) is 0. The van der Waals surface area contributed by atoms with Crippen LogP contribution in [-0.2, 0) is 20.8 Å². The maximum atomic E-state index is 12.1. The Morgan fingerprint density at radius 1 is 1.10 bits per heavy atom. The largest absolute Gasteiger partial charge is 0.298 e. The molecule has 1 aliphatic rings. The minimum absolute atomic E-state index is 0.208. The minimum atomic E-state index is -3.68. The van der Waals surface area contributed by atoms with Gasteiger partial charge >= 0.3 is 0 Å². The smallest absolute Gasteiger partial charge is 0.268 e. The van der Waals surface area contributed by atoms with Crippen LogP contribution in [0.1, 0.15) is 11.1 Å². The molecule has 0 saturated carbocycles. The Labute approximate surface area is 125 Å². The number of benzene rings is 2. The molecule has 0 aromatic heterocycles. The van der Waals surface area contributed by atoms with Gasteiger partial charge in [-0.25, -0.2) is 4.18 Å². The molecule has 0 bridgehead atoms. The van der Waals surface area contributed by atoms with Crippen molar-refractivity contribution in [2.24, 2.45) is 0 Å². The van der Waals surface area contributed by atoms with E-state index < -0.39 is 10.1 Å². The number of aryl methyl sites for hydroxylation is 1. The van der Waals surface area contributed by atoms with Crippen LogP contribution >= 0.6 is 0 Å². The molecule has 1 heterocycles. The highest BCUT2D eigenvalue weighted by Crippen LogP contribution is 2.26. The Morgan fingerprint density at radius 2 is 1.76 bits per heavy atom. The maximum Gasteiger partial charge on any atom is 0.298 e. The van der Waals surface area contributed by atoms with Crippen LogP contribution < -0.4 is 0 Å². The van der Waals surface area contributed by atoms with E-state index in [9.17, 15) is 8.42 Å². The molecule has 1 fully saturated rings. The quantitative estimate of drug-likeness (QED) is 0.629. The fraction of sp³-hybridized carbons (Fsp3) is 0.250. The van der Waals surface area contributed by atoms with Gasteiger partial charge in [-0.3, -0.25) is 4.90 Å². The standard InChI is InChI=1S/C16H17NO3S/c1-13-7-9-15(10-8-13)21(18,19)20-16-12-17(16)11-14-5-3-2-4-6-14/h2-10,16H,11-12H2,1H3. The first kappa shape index (κ1) is 14.3. The summed E-state index contributed by atoms with van der Waals surface area (Å²) in [5.74, 6) is 0. The van der Waals surface area contributed by atoms with Crippen LogP contribution in [0.3, 0.4) is 0 Å². The van der Waals surface area contributed by atoms with Crippen molar-refractivity contribution in [2.45, 2.75) is 24.6 Å². The summed E-state index contributed by atoms with van der Waals surface area (Å²) in [5.41, 5.74) is 2.17. The second kappa shape index (κ2) is 5.60. The van der Waals surface area contributed by atoms with Crippen molar-refractivity contribution in [2.75, 3.05) is 6.54 Å². The fourth-order valence-electron chi connectivity index (χ4n) is 2.14. The lowest BCUT2D eigenvalue weighted by Crippen LogP contribution is -2.12. The lowest BCUT2D eigenvalue weighted by Gasteiger charge is -2.07. The fourth-order valence-corrected chi connectivity index (χ4v) is 3.19. The number of rotatable bonds is 5. The van der Waals surface area contributed by atoms with Gasteiger partial charge in [0.15, 0.2) is 0 Å². The number of hydrogen-bond acceptors (Lipinski definition) is 4. The summed E-state index contributed by atoms with van der Waals surface area (Å²) in [6, 6.07) is 16.6. The van der Waals surface area contributed by atoms with E-state index in [1.807, 2.05) is 42.2 Å². The predicted octanol–water partition coefficient (Wildman–Crippen LogP) is 2.54. The zero-order chi connectivity index (χ0) is 14.9. The maximum absolute atomic E-state index is 12.1. The molecular formula is C16H17NO3S. The van der Waals surface area contributed by atoms with Gasteiger partial charge in [-0.05, 0) is 24.6 Å². The second-order valence-corrected chi connectivity index (χ2v) is 6.81. The molecular weight excluding hydrogens is 286 g/mol. The highest BCUT2D eigenvalue weighted by atomic mass is 32.2. The van der Waals surface area contributed by atoms with E-state index in [-0.39, 0.29) is 11.1 Å². The summed E-state index contributed by atoms with van der Waals surface area (Å²) in [6.45, 7) is 3.26. The van der Waals surface area contributed by atoms with Crippen molar-refractivity contribution in [3.05, 3.63) is 65.7 Å². The summed E-state index contributed by atoms with van der Waals surface area (Å²) in [4.78, 5) is 2.18. The van der Waals surface area contributed by atoms with Crippen molar-refractivity contribution >= 4 is 10.1 Å². The van der Waals surface area contributed by atoms with E-state index >= 15 is 0 Å². The zero-order valence-corrected chi connectivity index (χ0v) is 12.6. The highest BCUT2D eigenvalue weighted by molar-refractivity contribution is 7.86. The molecule has 0 spiro atoms. The Hall–Kier alpha value is -1.69. The molecule has 2 atom stereocenters. The molecule has 110 valence electrons. The minimum Gasteiger partial charge on any atom is -0.268 e. The van der Waals surface area contributed by atoms with E-state index in [4.69, 9.17) is 4.18 Å². The van der Waals surface area contributed by atoms with E-state index in [1.54, 1.807) is 24.3 Å². The van der Waals surface area contributed by atoms with Gasteiger partial charge in [0, 0.05) is 13.1 Å². The van der Waals surface area contributed by atoms with E-state index in [0.717, 1.165) is 11.1 Å². The third-order valence-electron chi connectivity index (χ3n) is 3.44. The lowest BCUT2D eigenvalue weighted by molar-refractivity contribution is 0.237. The van der Waals surface area contributed by atoms with Gasteiger partial charge < -0.3 is 0 Å². The van der Waals surface area contributed by atoms with Gasteiger partial charge in [-0.15, -0.1) is 0 Å². The summed E-state index contributed by atoms with van der Waals surface area (Å²) in [6.07, 6.45) is -0.350. The molecule has 1 saturated heterocycles. The summed E-state index contributed by atoms with van der Waals surface area (Å²) < 4.78 is 29.5. The van der Waals surface area contributed by atoms with Gasteiger partial charge in [0.05, 0.1) is 4.90 Å². The van der Waals surface area contributed by atoms with Gasteiger partial charge in [0.2, 0.25) is 0 Å². The molecule has 4 nitrogen and oxygen atoms in total. The predicted molar refractivity (Wildman–Crippen MR) is 80.1 cm³/mol. The van der Waals surface area contributed by atoms with Gasteiger partial charge in [-0.2, -0.15) is 8.42 Å². The van der Waals surface area contributed by atoms with Crippen molar-refractivity contribution in [1.82, 2.24) is 4.90 Å². The molecule has 2 aromatic rings. The van der Waals surface area contributed by atoms with Crippen molar-refractivity contribution < 1.29 is 12.6 Å². The van der Waals surface area contributed by atoms with Crippen LogP contribution in [-0.4, -0.2) is 26.1 Å². The molecule has 2 unspecified atom stereocenters. The zero-order valence-electron chi connectivity index (χ0n) is 11.8. The lowest BCUT2D eigenvalue weighted by atomic mass is 10.2. The Bertz CT molecular complexity index is 711. The van der Waals surface area contributed by atoms with Crippen LogP contribution in [0.4, 0.5) is 0 Å². The molecule has 2 aromatic carbocycles. The average molecular weight is 303 g/mol. The third-order valence-corrected chi connectivity index (χ3v) is 4.77. The topological polar surface area (TPSA) is 46.4 Å². The van der Waals surface area contributed by atoms with Crippen LogP contribution in [0.15, 0.2) is 59.5 Å². The summed E-state index contributed by atoms with van der Waals surface area (Å²) >= 11 is 0. The third kappa shape index (κ3) is 3.50. The van der Waals surface area contributed by atoms with Crippen molar-refractivity contribution in [1.29, 1.82) is 0 Å². The molecule has 1 aliphatic heterocycles. The SMILES string of the molecule is Cc1ccc(S(=O)(=O)OC2CN2Cc2ccccc2)cc1. The number of nitrogens with zero attached hydrogens (tertiary/aromatic N) is 1. The molecule has 3 rings (SSSR count). The van der Waals surface area contributed by atoms with Crippen LogP contribution in [0, 0.1) is 6.92 Å². The first-order chi connectivity index (χ1) is 10.0. The van der Waals surface area contributed by atoms with Crippen molar-refractivity contribution in [3.63, 3.8) is 0 Å². The highest BCUT2D eigenvalue weighted by Gasteiger charge is 2.39. The molecule has 5 heteroatoms. The molecule has 21 heavy (non-hydrogen) atoms. The number of hydrogen-bond donors (Lipinski definition) is 0. The van der Waals surface area contributed by atoms with Crippen LogP contribution in [0.2, 0.25) is 0 Å². The normalized spacial score (nSPS) is 21.2. The summed E-state index contributed by atoms with van der Waals surface area (Å²) in [7, 11) is -3.68. The van der Waals surface area contributed by atoms with Crippen LogP contribution in [0.25, 0.3) is 0 Å².